The number of nitrogens with one attached hydrogen (secondary N) is 1. The van der Waals surface area contributed by atoms with E-state index in [-0.39, 0.29) is 5.91 Å². The Morgan fingerprint density at radius 2 is 2.17 bits per heavy atom. The Balaban J connectivity index is 1.65. The first-order chi connectivity index (χ1) is 11.1. The van der Waals surface area contributed by atoms with Crippen molar-refractivity contribution in [2.75, 3.05) is 31.6 Å². The Morgan fingerprint density at radius 3 is 2.83 bits per heavy atom. The summed E-state index contributed by atoms with van der Waals surface area (Å²) < 4.78 is 6.94. The van der Waals surface area contributed by atoms with Gasteiger partial charge in [-0.2, -0.15) is 5.10 Å². The standard InChI is InChI=1S/C16H19ClN4O2/c1-20-10-13(9-18-20)16(22)19-14-3-2-12(15(17)8-14)11-21-4-6-23-7-5-21/h2-3,8-10H,4-7,11H2,1H3,(H,19,22). The van der Waals surface area contributed by atoms with Crippen LogP contribution in [-0.4, -0.2) is 46.9 Å². The van der Waals surface area contributed by atoms with Crippen molar-refractivity contribution in [3.8, 4) is 0 Å². The van der Waals surface area contributed by atoms with Crippen molar-refractivity contribution in [1.82, 2.24) is 14.7 Å². The summed E-state index contributed by atoms with van der Waals surface area (Å²) >= 11 is 6.36. The maximum Gasteiger partial charge on any atom is 0.258 e. The highest BCUT2D eigenvalue weighted by molar-refractivity contribution is 6.31. The number of amides is 1. The minimum absolute atomic E-state index is 0.199. The molecule has 2 heterocycles. The molecule has 1 fully saturated rings. The van der Waals surface area contributed by atoms with Gasteiger partial charge in [0.25, 0.3) is 5.91 Å². The Morgan fingerprint density at radius 1 is 1.39 bits per heavy atom. The van der Waals surface area contributed by atoms with Crippen LogP contribution >= 0.6 is 11.6 Å². The molecule has 0 unspecified atom stereocenters. The van der Waals surface area contributed by atoms with E-state index in [1.165, 1.54) is 6.20 Å². The molecule has 0 bridgehead atoms. The number of ether oxygens (including phenoxy) is 1. The molecule has 0 spiro atoms. The molecule has 3 rings (SSSR count). The third-order valence-corrected chi connectivity index (χ3v) is 4.13. The molecule has 1 aliphatic rings. The molecule has 6 nitrogen and oxygen atoms in total. The van der Waals surface area contributed by atoms with Gasteiger partial charge in [0.1, 0.15) is 0 Å². The van der Waals surface area contributed by atoms with Crippen LogP contribution < -0.4 is 5.32 Å². The molecule has 1 amide bonds. The van der Waals surface area contributed by atoms with Gasteiger partial charge in [-0.15, -0.1) is 0 Å². The van der Waals surface area contributed by atoms with Crippen LogP contribution in [0.5, 0.6) is 0 Å². The average molecular weight is 335 g/mol. The quantitative estimate of drug-likeness (QED) is 0.931. The van der Waals surface area contributed by atoms with Gasteiger partial charge in [0, 0.05) is 43.6 Å². The molecule has 23 heavy (non-hydrogen) atoms. The van der Waals surface area contributed by atoms with E-state index in [4.69, 9.17) is 16.3 Å². The average Bonchev–Trinajstić information content (AvgIpc) is 2.98. The fraction of sp³-hybridized carbons (Fsp3) is 0.375. The van der Waals surface area contributed by atoms with E-state index in [0.29, 0.717) is 16.3 Å². The van der Waals surface area contributed by atoms with Crippen molar-refractivity contribution in [1.29, 1.82) is 0 Å². The molecule has 1 aromatic carbocycles. The Bertz CT molecular complexity index is 695. The molecule has 0 aliphatic carbocycles. The number of nitrogens with zero attached hydrogens (tertiary/aromatic N) is 3. The van der Waals surface area contributed by atoms with Crippen LogP contribution in [0.25, 0.3) is 0 Å². The molecular weight excluding hydrogens is 316 g/mol. The van der Waals surface area contributed by atoms with Gasteiger partial charge in [-0.3, -0.25) is 14.4 Å². The largest absolute Gasteiger partial charge is 0.379 e. The number of hydrogen-bond acceptors (Lipinski definition) is 4. The van der Waals surface area contributed by atoms with Crippen LogP contribution in [0.2, 0.25) is 5.02 Å². The van der Waals surface area contributed by atoms with E-state index >= 15 is 0 Å². The van der Waals surface area contributed by atoms with Crippen LogP contribution in [0, 0.1) is 0 Å². The van der Waals surface area contributed by atoms with Gasteiger partial charge < -0.3 is 10.1 Å². The van der Waals surface area contributed by atoms with Crippen LogP contribution in [0.4, 0.5) is 5.69 Å². The summed E-state index contributed by atoms with van der Waals surface area (Å²) in [4.78, 5) is 14.4. The third-order valence-electron chi connectivity index (χ3n) is 3.78. The SMILES string of the molecule is Cn1cc(C(=O)Nc2ccc(CN3CCOCC3)c(Cl)c2)cn1. The van der Waals surface area contributed by atoms with Gasteiger partial charge in [0.15, 0.2) is 0 Å². The van der Waals surface area contributed by atoms with Crippen molar-refractivity contribution in [2.45, 2.75) is 6.54 Å². The molecule has 1 aromatic heterocycles. The normalized spacial score (nSPS) is 15.6. The first-order valence-corrected chi connectivity index (χ1v) is 7.88. The second-order valence-corrected chi connectivity index (χ2v) is 5.96. The lowest BCUT2D eigenvalue weighted by Crippen LogP contribution is -2.35. The van der Waals surface area contributed by atoms with Crippen molar-refractivity contribution in [3.63, 3.8) is 0 Å². The molecule has 0 saturated carbocycles. The maximum atomic E-state index is 12.1. The van der Waals surface area contributed by atoms with Crippen LogP contribution in [0.1, 0.15) is 15.9 Å². The van der Waals surface area contributed by atoms with Gasteiger partial charge >= 0.3 is 0 Å². The maximum absolute atomic E-state index is 12.1. The van der Waals surface area contributed by atoms with Crippen molar-refractivity contribution in [2.24, 2.45) is 7.05 Å². The summed E-state index contributed by atoms with van der Waals surface area (Å²) in [5.74, 6) is -0.199. The van der Waals surface area contributed by atoms with E-state index in [9.17, 15) is 4.79 Å². The van der Waals surface area contributed by atoms with Gasteiger partial charge in [0.2, 0.25) is 0 Å². The molecule has 0 atom stereocenters. The summed E-state index contributed by atoms with van der Waals surface area (Å²) in [5.41, 5.74) is 2.24. The molecule has 0 radical (unpaired) electrons. The molecule has 7 heteroatoms. The van der Waals surface area contributed by atoms with Crippen LogP contribution in [-0.2, 0) is 18.3 Å². The van der Waals surface area contributed by atoms with E-state index in [1.54, 1.807) is 24.0 Å². The number of hydrogen-bond donors (Lipinski definition) is 1. The summed E-state index contributed by atoms with van der Waals surface area (Å²) in [5, 5.41) is 7.48. The number of carbonyl (C=O) groups is 1. The molecule has 1 aliphatic heterocycles. The van der Waals surface area contributed by atoms with Crippen molar-refractivity contribution in [3.05, 3.63) is 46.7 Å². The Kier molecular flexibility index (Phi) is 4.95. The topological polar surface area (TPSA) is 59.4 Å². The summed E-state index contributed by atoms with van der Waals surface area (Å²) in [6.07, 6.45) is 3.20. The Labute approximate surface area is 140 Å². The molecule has 122 valence electrons. The fourth-order valence-corrected chi connectivity index (χ4v) is 2.74. The highest BCUT2D eigenvalue weighted by Crippen LogP contribution is 2.23. The number of morpholine rings is 1. The van der Waals surface area contributed by atoms with Crippen molar-refractivity contribution < 1.29 is 9.53 Å². The lowest BCUT2D eigenvalue weighted by Gasteiger charge is -2.27. The van der Waals surface area contributed by atoms with Gasteiger partial charge in [-0.1, -0.05) is 17.7 Å². The van der Waals surface area contributed by atoms with Gasteiger partial charge in [-0.05, 0) is 17.7 Å². The summed E-state index contributed by atoms with van der Waals surface area (Å²) in [6, 6.07) is 5.61. The van der Waals surface area contributed by atoms with Gasteiger partial charge in [0.05, 0.1) is 25.0 Å². The number of anilines is 1. The highest BCUT2D eigenvalue weighted by Gasteiger charge is 2.13. The molecular formula is C16H19ClN4O2. The Hall–Kier alpha value is -1.89. The lowest BCUT2D eigenvalue weighted by atomic mass is 10.1. The fourth-order valence-electron chi connectivity index (χ4n) is 2.50. The minimum atomic E-state index is -0.199. The number of rotatable bonds is 4. The van der Waals surface area contributed by atoms with Gasteiger partial charge in [-0.25, -0.2) is 0 Å². The zero-order valence-electron chi connectivity index (χ0n) is 13.0. The monoisotopic (exact) mass is 334 g/mol. The predicted octanol–water partition coefficient (Wildman–Crippen LogP) is 2.16. The highest BCUT2D eigenvalue weighted by atomic mass is 35.5. The van der Waals surface area contributed by atoms with E-state index in [1.807, 2.05) is 12.1 Å². The zero-order chi connectivity index (χ0) is 16.2. The smallest absolute Gasteiger partial charge is 0.258 e. The summed E-state index contributed by atoms with van der Waals surface area (Å²) in [6.45, 7) is 4.14. The number of aryl methyl sites for hydroxylation is 1. The number of carbonyl (C=O) groups excluding carboxylic acids is 1. The van der Waals surface area contributed by atoms with Crippen LogP contribution in [0.15, 0.2) is 30.6 Å². The number of benzene rings is 1. The second-order valence-electron chi connectivity index (χ2n) is 5.55. The molecule has 2 aromatic rings. The second kappa shape index (κ2) is 7.12. The lowest BCUT2D eigenvalue weighted by molar-refractivity contribution is 0.0342. The number of aromatic nitrogens is 2. The predicted molar refractivity (Wildman–Crippen MR) is 88.7 cm³/mol. The van der Waals surface area contributed by atoms with E-state index < -0.39 is 0 Å². The third kappa shape index (κ3) is 4.10. The summed E-state index contributed by atoms with van der Waals surface area (Å²) in [7, 11) is 1.77. The minimum Gasteiger partial charge on any atom is -0.379 e. The molecule has 1 saturated heterocycles. The molecule has 1 N–H and O–H groups in total. The zero-order valence-corrected chi connectivity index (χ0v) is 13.7. The van der Waals surface area contributed by atoms with E-state index in [0.717, 1.165) is 38.4 Å². The number of halogens is 1. The first-order valence-electron chi connectivity index (χ1n) is 7.50. The van der Waals surface area contributed by atoms with Crippen LogP contribution in [0.3, 0.4) is 0 Å². The first kappa shape index (κ1) is 16.0. The van der Waals surface area contributed by atoms with E-state index in [2.05, 4.69) is 15.3 Å². The van der Waals surface area contributed by atoms with Crippen molar-refractivity contribution >= 4 is 23.2 Å².